The van der Waals surface area contributed by atoms with Crippen LogP contribution in [0.1, 0.15) is 11.3 Å². The topological polar surface area (TPSA) is 22.1 Å². The normalized spacial score (nSPS) is 10.4. The van der Waals surface area contributed by atoms with E-state index in [1.165, 1.54) is 12.1 Å². The van der Waals surface area contributed by atoms with Gasteiger partial charge in [0.2, 0.25) is 0 Å². The SMILES string of the molecule is Fc1ccc(COc2ccc(CBr)nc2)c(Br)c1. The summed E-state index contributed by atoms with van der Waals surface area (Å²) >= 11 is 6.63. The number of hydrogen-bond acceptors (Lipinski definition) is 2. The molecule has 0 aliphatic rings. The molecule has 0 saturated carbocycles. The van der Waals surface area contributed by atoms with Crippen LogP contribution in [0.2, 0.25) is 0 Å². The zero-order valence-corrected chi connectivity index (χ0v) is 12.5. The zero-order valence-electron chi connectivity index (χ0n) is 9.37. The second-order valence-electron chi connectivity index (χ2n) is 3.64. The van der Waals surface area contributed by atoms with Gasteiger partial charge < -0.3 is 4.74 Å². The van der Waals surface area contributed by atoms with Gasteiger partial charge in [-0.05, 0) is 24.3 Å². The molecule has 94 valence electrons. The lowest BCUT2D eigenvalue weighted by molar-refractivity contribution is 0.304. The first kappa shape index (κ1) is 13.5. The molecule has 0 aliphatic carbocycles. The Labute approximate surface area is 121 Å². The second kappa shape index (κ2) is 6.29. The minimum atomic E-state index is -0.269. The molecule has 2 rings (SSSR count). The van der Waals surface area contributed by atoms with Gasteiger partial charge in [-0.15, -0.1) is 0 Å². The third kappa shape index (κ3) is 3.53. The largest absolute Gasteiger partial charge is 0.487 e. The Bertz CT molecular complexity index is 531. The summed E-state index contributed by atoms with van der Waals surface area (Å²) in [4.78, 5) is 4.20. The number of nitrogens with zero attached hydrogens (tertiary/aromatic N) is 1. The van der Waals surface area contributed by atoms with Crippen LogP contribution in [0.15, 0.2) is 41.0 Å². The summed E-state index contributed by atoms with van der Waals surface area (Å²) in [7, 11) is 0. The van der Waals surface area contributed by atoms with Gasteiger partial charge in [0.1, 0.15) is 18.2 Å². The van der Waals surface area contributed by atoms with Crippen molar-refractivity contribution in [3.05, 3.63) is 58.1 Å². The fourth-order valence-corrected chi connectivity index (χ4v) is 2.17. The van der Waals surface area contributed by atoms with Crippen LogP contribution in [0.25, 0.3) is 0 Å². The van der Waals surface area contributed by atoms with Crippen molar-refractivity contribution in [1.82, 2.24) is 4.98 Å². The van der Waals surface area contributed by atoms with Crippen molar-refractivity contribution in [3.8, 4) is 5.75 Å². The molecular weight excluding hydrogens is 365 g/mol. The highest BCUT2D eigenvalue weighted by Crippen LogP contribution is 2.20. The van der Waals surface area contributed by atoms with E-state index in [1.54, 1.807) is 12.3 Å². The molecule has 0 radical (unpaired) electrons. The third-order valence-electron chi connectivity index (χ3n) is 2.34. The number of pyridine rings is 1. The van der Waals surface area contributed by atoms with Gasteiger partial charge in [-0.2, -0.15) is 0 Å². The number of rotatable bonds is 4. The quantitative estimate of drug-likeness (QED) is 0.737. The van der Waals surface area contributed by atoms with E-state index >= 15 is 0 Å². The lowest BCUT2D eigenvalue weighted by Crippen LogP contribution is -1.97. The fraction of sp³-hybridized carbons (Fsp3) is 0.154. The van der Waals surface area contributed by atoms with Gasteiger partial charge in [-0.3, -0.25) is 4.98 Å². The molecule has 0 amide bonds. The van der Waals surface area contributed by atoms with Crippen LogP contribution in [0.4, 0.5) is 4.39 Å². The minimum absolute atomic E-state index is 0.269. The van der Waals surface area contributed by atoms with Gasteiger partial charge in [0.15, 0.2) is 0 Å². The van der Waals surface area contributed by atoms with Crippen LogP contribution in [-0.4, -0.2) is 4.98 Å². The molecule has 2 aromatic rings. The molecule has 0 unspecified atom stereocenters. The molecule has 0 aliphatic heterocycles. The first-order valence-electron chi connectivity index (χ1n) is 5.26. The lowest BCUT2D eigenvalue weighted by atomic mass is 10.2. The Balaban J connectivity index is 2.02. The monoisotopic (exact) mass is 373 g/mol. The summed E-state index contributed by atoms with van der Waals surface area (Å²) in [5.74, 6) is 0.421. The summed E-state index contributed by atoms with van der Waals surface area (Å²) in [6.45, 7) is 0.371. The van der Waals surface area contributed by atoms with Gasteiger partial charge in [-0.25, -0.2) is 4.39 Å². The first-order valence-corrected chi connectivity index (χ1v) is 7.18. The van der Waals surface area contributed by atoms with E-state index < -0.39 is 0 Å². The number of alkyl halides is 1. The van der Waals surface area contributed by atoms with E-state index in [4.69, 9.17) is 4.74 Å². The van der Waals surface area contributed by atoms with E-state index in [2.05, 4.69) is 36.8 Å². The molecule has 1 aromatic carbocycles. The standard InChI is InChI=1S/C13H10Br2FNO/c14-6-11-3-4-12(7-17-11)18-8-9-1-2-10(16)5-13(9)15/h1-5,7H,6,8H2. The van der Waals surface area contributed by atoms with Crippen molar-refractivity contribution < 1.29 is 9.13 Å². The first-order chi connectivity index (χ1) is 8.69. The summed E-state index contributed by atoms with van der Waals surface area (Å²) in [5, 5.41) is 0.719. The molecule has 0 N–H and O–H groups in total. The van der Waals surface area contributed by atoms with Crippen molar-refractivity contribution in [2.75, 3.05) is 0 Å². The summed E-state index contributed by atoms with van der Waals surface area (Å²) in [5.41, 5.74) is 1.84. The molecular formula is C13H10Br2FNO. The number of hydrogen-bond donors (Lipinski definition) is 0. The van der Waals surface area contributed by atoms with Gasteiger partial charge in [0, 0.05) is 15.4 Å². The van der Waals surface area contributed by atoms with Crippen LogP contribution in [-0.2, 0) is 11.9 Å². The van der Waals surface area contributed by atoms with Crippen molar-refractivity contribution >= 4 is 31.9 Å². The van der Waals surface area contributed by atoms with E-state index in [0.717, 1.165) is 16.6 Å². The number of benzene rings is 1. The van der Waals surface area contributed by atoms with Crippen molar-refractivity contribution in [3.63, 3.8) is 0 Å². The van der Waals surface area contributed by atoms with Crippen LogP contribution in [0.3, 0.4) is 0 Å². The molecule has 0 bridgehead atoms. The average molecular weight is 375 g/mol. The Morgan fingerprint density at radius 2 is 2.06 bits per heavy atom. The fourth-order valence-electron chi connectivity index (χ4n) is 1.38. The minimum Gasteiger partial charge on any atom is -0.487 e. The van der Waals surface area contributed by atoms with Crippen molar-refractivity contribution in [1.29, 1.82) is 0 Å². The maximum absolute atomic E-state index is 12.9. The molecule has 5 heteroatoms. The van der Waals surface area contributed by atoms with Gasteiger partial charge in [0.25, 0.3) is 0 Å². The van der Waals surface area contributed by atoms with Gasteiger partial charge >= 0.3 is 0 Å². The van der Waals surface area contributed by atoms with Crippen LogP contribution in [0.5, 0.6) is 5.75 Å². The van der Waals surface area contributed by atoms with E-state index in [-0.39, 0.29) is 5.82 Å². The molecule has 1 aromatic heterocycles. The van der Waals surface area contributed by atoms with Crippen molar-refractivity contribution in [2.45, 2.75) is 11.9 Å². The highest BCUT2D eigenvalue weighted by Gasteiger charge is 2.03. The maximum Gasteiger partial charge on any atom is 0.138 e. The Kier molecular flexibility index (Phi) is 4.72. The third-order valence-corrected chi connectivity index (χ3v) is 3.66. The van der Waals surface area contributed by atoms with Gasteiger partial charge in [0.05, 0.1) is 11.9 Å². The lowest BCUT2D eigenvalue weighted by Gasteiger charge is -2.08. The number of ether oxygens (including phenoxy) is 1. The second-order valence-corrected chi connectivity index (χ2v) is 5.06. The molecule has 0 fully saturated rings. The molecule has 1 heterocycles. The summed E-state index contributed by atoms with van der Waals surface area (Å²) in [6.07, 6.45) is 1.67. The Hall–Kier alpha value is -0.940. The summed E-state index contributed by atoms with van der Waals surface area (Å²) in [6, 6.07) is 8.28. The van der Waals surface area contributed by atoms with Crippen LogP contribution in [0, 0.1) is 5.82 Å². The number of halogens is 3. The maximum atomic E-state index is 12.9. The Morgan fingerprint density at radius 3 is 2.67 bits per heavy atom. The van der Waals surface area contributed by atoms with E-state index in [9.17, 15) is 4.39 Å². The molecule has 2 nitrogen and oxygen atoms in total. The summed E-state index contributed by atoms with van der Waals surface area (Å²) < 4.78 is 19.2. The predicted molar refractivity (Wildman–Crippen MR) is 75.3 cm³/mol. The molecule has 0 saturated heterocycles. The van der Waals surface area contributed by atoms with Crippen LogP contribution >= 0.6 is 31.9 Å². The highest BCUT2D eigenvalue weighted by atomic mass is 79.9. The smallest absolute Gasteiger partial charge is 0.138 e. The highest BCUT2D eigenvalue weighted by molar-refractivity contribution is 9.10. The van der Waals surface area contributed by atoms with E-state index in [1.807, 2.05) is 12.1 Å². The molecule has 0 atom stereocenters. The number of aromatic nitrogens is 1. The molecule has 0 spiro atoms. The molecule has 18 heavy (non-hydrogen) atoms. The van der Waals surface area contributed by atoms with Crippen LogP contribution < -0.4 is 4.74 Å². The van der Waals surface area contributed by atoms with Gasteiger partial charge in [-0.1, -0.05) is 37.9 Å². The Morgan fingerprint density at radius 1 is 1.22 bits per heavy atom. The predicted octanol–water partition coefficient (Wildman–Crippen LogP) is 4.46. The van der Waals surface area contributed by atoms with Crippen molar-refractivity contribution in [2.24, 2.45) is 0 Å². The average Bonchev–Trinajstić information content (AvgIpc) is 2.38. The van der Waals surface area contributed by atoms with E-state index in [0.29, 0.717) is 16.8 Å². The zero-order chi connectivity index (χ0) is 13.0.